The molecule has 0 radical (unpaired) electrons. The monoisotopic (exact) mass is 507 g/mol. The van der Waals surface area contributed by atoms with E-state index in [2.05, 4.69) is 68.6 Å². The van der Waals surface area contributed by atoms with Crippen LogP contribution < -0.4 is 14.8 Å². The van der Waals surface area contributed by atoms with Crippen molar-refractivity contribution < 1.29 is 9.47 Å². The van der Waals surface area contributed by atoms with Crippen molar-refractivity contribution in [3.63, 3.8) is 0 Å². The highest BCUT2D eigenvalue weighted by molar-refractivity contribution is 6.00. The topological polar surface area (TPSA) is 64.4 Å². The van der Waals surface area contributed by atoms with Crippen molar-refractivity contribution in [2.24, 2.45) is 7.05 Å². The Kier molecular flexibility index (Phi) is 6.60. The largest absolute Gasteiger partial charge is 0.497 e. The van der Waals surface area contributed by atoms with Gasteiger partial charge in [0.2, 0.25) is 0 Å². The maximum absolute atomic E-state index is 5.54. The standard InChI is InChI=1S/C31H33N5O2/c1-35-15-12-23-18-21(4-11-29(23)35)20-36-16-13-24(14-17-36)32-31-28-19-26(38-3)9-10-27(28)30(33-34-31)22-5-7-25(37-2)8-6-22/h4-12,15,18-19,24H,13-14,16-17,20H2,1-3H3,(H,32,34). The Hall–Kier alpha value is -4.10. The van der Waals surface area contributed by atoms with Crippen LogP contribution in [0.4, 0.5) is 5.82 Å². The number of hydrogen-bond donors (Lipinski definition) is 1. The van der Waals surface area contributed by atoms with Gasteiger partial charge in [0.25, 0.3) is 0 Å². The van der Waals surface area contributed by atoms with Crippen LogP contribution in [0.5, 0.6) is 11.5 Å². The molecule has 0 aliphatic carbocycles. The molecular weight excluding hydrogens is 474 g/mol. The van der Waals surface area contributed by atoms with E-state index in [9.17, 15) is 0 Å². The molecular formula is C31H33N5O2. The predicted octanol–water partition coefficient (Wildman–Crippen LogP) is 5.88. The summed E-state index contributed by atoms with van der Waals surface area (Å²) in [5.74, 6) is 2.43. The molecule has 194 valence electrons. The quantitative estimate of drug-likeness (QED) is 0.297. The Bertz CT molecular complexity index is 1570. The normalized spacial score (nSPS) is 14.7. The minimum Gasteiger partial charge on any atom is -0.497 e. The zero-order valence-electron chi connectivity index (χ0n) is 22.1. The molecule has 1 aliphatic rings. The van der Waals surface area contributed by atoms with Gasteiger partial charge < -0.3 is 19.4 Å². The summed E-state index contributed by atoms with van der Waals surface area (Å²) in [7, 11) is 5.46. The van der Waals surface area contributed by atoms with E-state index in [1.807, 2.05) is 36.4 Å². The van der Waals surface area contributed by atoms with Crippen LogP contribution in [0, 0.1) is 0 Å². The number of benzene rings is 3. The van der Waals surface area contributed by atoms with Crippen LogP contribution in [0.25, 0.3) is 32.9 Å². The fourth-order valence-electron chi connectivity index (χ4n) is 5.45. The Balaban J connectivity index is 1.18. The molecule has 7 heteroatoms. The van der Waals surface area contributed by atoms with Crippen LogP contribution in [0.15, 0.2) is 72.9 Å². The lowest BCUT2D eigenvalue weighted by Gasteiger charge is -2.32. The number of piperidine rings is 1. The minimum absolute atomic E-state index is 0.346. The third kappa shape index (κ3) is 4.77. The number of fused-ring (bicyclic) bond motifs is 2. The number of ether oxygens (including phenoxy) is 2. The van der Waals surface area contributed by atoms with Crippen molar-refractivity contribution >= 4 is 27.5 Å². The van der Waals surface area contributed by atoms with E-state index in [0.29, 0.717) is 6.04 Å². The van der Waals surface area contributed by atoms with E-state index in [1.165, 1.54) is 16.5 Å². The Morgan fingerprint density at radius 3 is 2.37 bits per heavy atom. The lowest BCUT2D eigenvalue weighted by atomic mass is 10.0. The van der Waals surface area contributed by atoms with Crippen molar-refractivity contribution in [1.82, 2.24) is 19.7 Å². The summed E-state index contributed by atoms with van der Waals surface area (Å²) >= 11 is 0. The molecule has 0 bridgehead atoms. The van der Waals surface area contributed by atoms with Gasteiger partial charge in [-0.1, -0.05) is 6.07 Å². The lowest BCUT2D eigenvalue weighted by Crippen LogP contribution is -2.38. The number of aryl methyl sites for hydroxylation is 1. The molecule has 1 aliphatic heterocycles. The molecule has 0 atom stereocenters. The summed E-state index contributed by atoms with van der Waals surface area (Å²) in [6, 6.07) is 23.4. The molecule has 38 heavy (non-hydrogen) atoms. The molecule has 7 nitrogen and oxygen atoms in total. The molecule has 0 amide bonds. The van der Waals surface area contributed by atoms with Crippen LogP contribution in [0.1, 0.15) is 18.4 Å². The minimum atomic E-state index is 0.346. The van der Waals surface area contributed by atoms with Gasteiger partial charge in [0, 0.05) is 60.8 Å². The van der Waals surface area contributed by atoms with Crippen molar-refractivity contribution in [3.05, 3.63) is 78.5 Å². The van der Waals surface area contributed by atoms with Gasteiger partial charge in [0.15, 0.2) is 5.82 Å². The first kappa shape index (κ1) is 24.2. The van der Waals surface area contributed by atoms with E-state index in [4.69, 9.17) is 9.47 Å². The van der Waals surface area contributed by atoms with Crippen LogP contribution in [-0.4, -0.2) is 53.0 Å². The number of nitrogens with one attached hydrogen (secondary N) is 1. The molecule has 1 fully saturated rings. The van der Waals surface area contributed by atoms with Gasteiger partial charge in [-0.3, -0.25) is 4.90 Å². The summed E-state index contributed by atoms with van der Waals surface area (Å²) in [5, 5.41) is 16.4. The highest BCUT2D eigenvalue weighted by atomic mass is 16.5. The smallest absolute Gasteiger partial charge is 0.156 e. The first-order chi connectivity index (χ1) is 18.6. The average molecular weight is 508 g/mol. The van der Waals surface area contributed by atoms with E-state index in [1.54, 1.807) is 14.2 Å². The van der Waals surface area contributed by atoms with Crippen molar-refractivity contribution in [2.45, 2.75) is 25.4 Å². The first-order valence-electron chi connectivity index (χ1n) is 13.1. The number of anilines is 1. The maximum Gasteiger partial charge on any atom is 0.156 e. The first-order valence-corrected chi connectivity index (χ1v) is 13.1. The molecule has 5 aromatic rings. The number of hydrogen-bond acceptors (Lipinski definition) is 6. The molecule has 0 spiro atoms. The second kappa shape index (κ2) is 10.3. The fourth-order valence-corrected chi connectivity index (χ4v) is 5.45. The molecule has 3 aromatic carbocycles. The number of methoxy groups -OCH3 is 2. The number of aromatic nitrogens is 3. The van der Waals surface area contributed by atoms with Gasteiger partial charge in [-0.2, -0.15) is 0 Å². The molecule has 2 aromatic heterocycles. The van der Waals surface area contributed by atoms with Crippen molar-refractivity contribution in [1.29, 1.82) is 0 Å². The highest BCUT2D eigenvalue weighted by Gasteiger charge is 2.21. The van der Waals surface area contributed by atoms with Gasteiger partial charge in [-0.05, 0) is 84.5 Å². The van der Waals surface area contributed by atoms with Crippen LogP contribution >= 0.6 is 0 Å². The Labute approximate surface area is 223 Å². The summed E-state index contributed by atoms with van der Waals surface area (Å²) in [4.78, 5) is 2.54. The van der Waals surface area contributed by atoms with E-state index >= 15 is 0 Å². The number of rotatable bonds is 7. The molecule has 3 heterocycles. The summed E-state index contributed by atoms with van der Waals surface area (Å²) in [6.45, 7) is 3.07. The van der Waals surface area contributed by atoms with Gasteiger partial charge in [-0.15, -0.1) is 10.2 Å². The maximum atomic E-state index is 5.54. The van der Waals surface area contributed by atoms with E-state index in [0.717, 1.165) is 71.8 Å². The SMILES string of the molecule is COc1ccc(-c2nnc(NC3CCN(Cc4ccc5c(ccn5C)c4)CC3)c3cc(OC)ccc23)cc1. The lowest BCUT2D eigenvalue weighted by molar-refractivity contribution is 0.211. The molecule has 1 saturated heterocycles. The second-order valence-corrected chi connectivity index (χ2v) is 10.1. The van der Waals surface area contributed by atoms with Gasteiger partial charge in [0.05, 0.1) is 14.2 Å². The van der Waals surface area contributed by atoms with E-state index in [-0.39, 0.29) is 0 Å². The average Bonchev–Trinajstić information content (AvgIpc) is 3.33. The van der Waals surface area contributed by atoms with Gasteiger partial charge in [0.1, 0.15) is 17.2 Å². The van der Waals surface area contributed by atoms with Gasteiger partial charge >= 0.3 is 0 Å². The van der Waals surface area contributed by atoms with Crippen LogP contribution in [0.2, 0.25) is 0 Å². The van der Waals surface area contributed by atoms with Crippen LogP contribution in [-0.2, 0) is 13.6 Å². The molecule has 1 N–H and O–H groups in total. The predicted molar refractivity (Wildman–Crippen MR) is 153 cm³/mol. The highest BCUT2D eigenvalue weighted by Crippen LogP contribution is 2.34. The van der Waals surface area contributed by atoms with Gasteiger partial charge in [-0.25, -0.2) is 0 Å². The summed E-state index contributed by atoms with van der Waals surface area (Å²) < 4.78 is 13.0. The second-order valence-electron chi connectivity index (χ2n) is 10.1. The Morgan fingerprint density at radius 1 is 0.842 bits per heavy atom. The molecule has 0 unspecified atom stereocenters. The zero-order valence-corrected chi connectivity index (χ0v) is 22.1. The zero-order chi connectivity index (χ0) is 26.1. The van der Waals surface area contributed by atoms with Crippen molar-refractivity contribution in [3.8, 4) is 22.8 Å². The Morgan fingerprint density at radius 2 is 1.61 bits per heavy atom. The third-order valence-corrected chi connectivity index (χ3v) is 7.63. The van der Waals surface area contributed by atoms with Crippen LogP contribution in [0.3, 0.4) is 0 Å². The summed E-state index contributed by atoms with van der Waals surface area (Å²) in [6.07, 6.45) is 4.24. The molecule has 0 saturated carbocycles. The number of nitrogens with zero attached hydrogens (tertiary/aromatic N) is 4. The molecule has 6 rings (SSSR count). The van der Waals surface area contributed by atoms with E-state index < -0.39 is 0 Å². The number of likely N-dealkylation sites (tertiary alicyclic amines) is 1. The van der Waals surface area contributed by atoms with Crippen molar-refractivity contribution in [2.75, 3.05) is 32.6 Å². The third-order valence-electron chi connectivity index (χ3n) is 7.63. The fraction of sp³-hybridized carbons (Fsp3) is 0.290. The summed E-state index contributed by atoms with van der Waals surface area (Å²) in [5.41, 5.74) is 4.50.